The number of carbonyl (C=O) groups excluding carboxylic acids is 2. The molecule has 0 saturated heterocycles. The number of nitrogens with one attached hydrogen (secondary N) is 1. The second-order valence-electron chi connectivity index (χ2n) is 4.98. The van der Waals surface area contributed by atoms with E-state index in [0.717, 1.165) is 37.7 Å². The molecule has 1 aliphatic carbocycles. The largest absolute Gasteiger partial charge is 0.462 e. The van der Waals surface area contributed by atoms with Crippen LogP contribution in [-0.2, 0) is 22.4 Å². The molecule has 21 heavy (non-hydrogen) atoms. The fourth-order valence-electron chi connectivity index (χ4n) is 2.48. The molecule has 4 nitrogen and oxygen atoms in total. The van der Waals surface area contributed by atoms with Gasteiger partial charge in [0.15, 0.2) is 0 Å². The summed E-state index contributed by atoms with van der Waals surface area (Å²) < 4.78 is 5.13. The average Bonchev–Trinajstić information content (AvgIpc) is 2.99. The zero-order chi connectivity index (χ0) is 15.2. The zero-order valence-electron chi connectivity index (χ0n) is 12.2. The number of alkyl halides is 1. The van der Waals surface area contributed by atoms with E-state index < -0.39 is 0 Å². The van der Waals surface area contributed by atoms with E-state index >= 15 is 0 Å². The normalized spacial score (nSPS) is 13.0. The molecule has 0 unspecified atom stereocenters. The van der Waals surface area contributed by atoms with Gasteiger partial charge >= 0.3 is 5.97 Å². The van der Waals surface area contributed by atoms with Crippen LogP contribution in [0.2, 0.25) is 0 Å². The molecular weight excluding hydrogens is 310 g/mol. The van der Waals surface area contributed by atoms with Crippen LogP contribution in [0.1, 0.15) is 53.4 Å². The number of anilines is 1. The van der Waals surface area contributed by atoms with Crippen LogP contribution in [0.15, 0.2) is 0 Å². The van der Waals surface area contributed by atoms with Crippen molar-refractivity contribution in [2.75, 3.05) is 17.8 Å². The van der Waals surface area contributed by atoms with E-state index in [0.29, 0.717) is 29.5 Å². The molecule has 0 bridgehead atoms. The van der Waals surface area contributed by atoms with Crippen LogP contribution in [-0.4, -0.2) is 24.4 Å². The minimum Gasteiger partial charge on any atom is -0.462 e. The summed E-state index contributed by atoms with van der Waals surface area (Å²) in [7, 11) is 0. The van der Waals surface area contributed by atoms with Gasteiger partial charge in [-0.05, 0) is 44.6 Å². The Morgan fingerprint density at radius 1 is 1.33 bits per heavy atom. The van der Waals surface area contributed by atoms with Gasteiger partial charge in [-0.2, -0.15) is 0 Å². The zero-order valence-corrected chi connectivity index (χ0v) is 13.7. The van der Waals surface area contributed by atoms with E-state index in [1.54, 1.807) is 6.92 Å². The molecule has 0 spiro atoms. The first kappa shape index (κ1) is 16.3. The number of ether oxygens (including phenoxy) is 1. The topological polar surface area (TPSA) is 55.4 Å². The smallest absolute Gasteiger partial charge is 0.341 e. The van der Waals surface area contributed by atoms with Crippen molar-refractivity contribution in [3.63, 3.8) is 0 Å². The number of amides is 1. The molecule has 1 N–H and O–H groups in total. The third-order valence-electron chi connectivity index (χ3n) is 3.44. The number of rotatable bonds is 7. The number of carbonyl (C=O) groups is 2. The van der Waals surface area contributed by atoms with Crippen LogP contribution in [0.25, 0.3) is 0 Å². The molecule has 2 rings (SSSR count). The first-order valence-corrected chi connectivity index (χ1v) is 8.70. The van der Waals surface area contributed by atoms with Gasteiger partial charge in [-0.3, -0.25) is 4.79 Å². The van der Waals surface area contributed by atoms with Crippen molar-refractivity contribution < 1.29 is 14.3 Å². The predicted octanol–water partition coefficient (Wildman–Crippen LogP) is 3.76. The van der Waals surface area contributed by atoms with Crippen molar-refractivity contribution in [1.82, 2.24) is 0 Å². The monoisotopic (exact) mass is 329 g/mol. The minimum absolute atomic E-state index is 0.0643. The van der Waals surface area contributed by atoms with Gasteiger partial charge in [0.2, 0.25) is 5.91 Å². The molecule has 1 amide bonds. The quantitative estimate of drug-likeness (QED) is 0.471. The number of hydrogen-bond donors (Lipinski definition) is 1. The van der Waals surface area contributed by atoms with Crippen molar-refractivity contribution in [3.05, 3.63) is 16.0 Å². The summed E-state index contributed by atoms with van der Waals surface area (Å²) in [6.45, 7) is 2.13. The van der Waals surface area contributed by atoms with E-state index in [-0.39, 0.29) is 11.9 Å². The van der Waals surface area contributed by atoms with Gasteiger partial charge < -0.3 is 10.1 Å². The van der Waals surface area contributed by atoms with Crippen LogP contribution in [0.5, 0.6) is 0 Å². The van der Waals surface area contributed by atoms with Gasteiger partial charge in [0, 0.05) is 17.2 Å². The molecule has 1 heterocycles. The van der Waals surface area contributed by atoms with Crippen molar-refractivity contribution in [2.24, 2.45) is 0 Å². The average molecular weight is 330 g/mol. The van der Waals surface area contributed by atoms with Crippen LogP contribution in [0.4, 0.5) is 5.00 Å². The fourth-order valence-corrected chi connectivity index (χ4v) is 3.96. The SMILES string of the molecule is CCOC(=O)c1c(NC(=O)CCCCCl)sc2c1CCC2. The van der Waals surface area contributed by atoms with Crippen molar-refractivity contribution in [3.8, 4) is 0 Å². The van der Waals surface area contributed by atoms with Gasteiger partial charge in [0.25, 0.3) is 0 Å². The van der Waals surface area contributed by atoms with E-state index in [1.165, 1.54) is 16.2 Å². The van der Waals surface area contributed by atoms with Crippen LogP contribution in [0.3, 0.4) is 0 Å². The Bertz CT molecular complexity index is 527. The number of hydrogen-bond acceptors (Lipinski definition) is 4. The summed E-state index contributed by atoms with van der Waals surface area (Å²) in [5.41, 5.74) is 1.63. The number of esters is 1. The number of halogens is 1. The summed E-state index contributed by atoms with van der Waals surface area (Å²) in [6.07, 6.45) is 4.95. The number of fused-ring (bicyclic) bond motifs is 1. The van der Waals surface area contributed by atoms with Gasteiger partial charge in [0.05, 0.1) is 12.2 Å². The molecule has 0 fully saturated rings. The van der Waals surface area contributed by atoms with Gasteiger partial charge in [-0.1, -0.05) is 0 Å². The highest BCUT2D eigenvalue weighted by Crippen LogP contribution is 2.39. The van der Waals surface area contributed by atoms with E-state index in [2.05, 4.69) is 5.32 Å². The molecule has 0 atom stereocenters. The number of thiophene rings is 1. The summed E-state index contributed by atoms with van der Waals surface area (Å²) in [4.78, 5) is 25.3. The van der Waals surface area contributed by atoms with Gasteiger partial charge in [0.1, 0.15) is 5.00 Å². The molecule has 1 aromatic heterocycles. The second kappa shape index (κ2) is 7.80. The van der Waals surface area contributed by atoms with Crippen molar-refractivity contribution >= 4 is 39.8 Å². The predicted molar refractivity (Wildman–Crippen MR) is 85.5 cm³/mol. The molecule has 116 valence electrons. The van der Waals surface area contributed by atoms with Crippen LogP contribution >= 0.6 is 22.9 Å². The molecule has 1 aliphatic rings. The van der Waals surface area contributed by atoms with Gasteiger partial charge in [-0.25, -0.2) is 4.79 Å². The second-order valence-corrected chi connectivity index (χ2v) is 6.46. The van der Waals surface area contributed by atoms with Crippen molar-refractivity contribution in [2.45, 2.75) is 45.4 Å². The molecule has 0 radical (unpaired) electrons. The van der Waals surface area contributed by atoms with Crippen molar-refractivity contribution in [1.29, 1.82) is 0 Å². The Morgan fingerprint density at radius 3 is 2.86 bits per heavy atom. The third-order valence-corrected chi connectivity index (χ3v) is 4.92. The molecule has 0 saturated carbocycles. The Morgan fingerprint density at radius 2 is 2.14 bits per heavy atom. The highest BCUT2D eigenvalue weighted by molar-refractivity contribution is 7.17. The lowest BCUT2D eigenvalue weighted by atomic mass is 10.1. The Balaban J connectivity index is 2.12. The lowest BCUT2D eigenvalue weighted by Gasteiger charge is -2.07. The third kappa shape index (κ3) is 3.98. The molecule has 1 aromatic rings. The highest BCUT2D eigenvalue weighted by Gasteiger charge is 2.28. The van der Waals surface area contributed by atoms with E-state index in [4.69, 9.17) is 16.3 Å². The van der Waals surface area contributed by atoms with Crippen LogP contribution < -0.4 is 5.32 Å². The maximum Gasteiger partial charge on any atom is 0.341 e. The fraction of sp³-hybridized carbons (Fsp3) is 0.600. The minimum atomic E-state index is -0.326. The summed E-state index contributed by atoms with van der Waals surface area (Å²) >= 11 is 7.12. The highest BCUT2D eigenvalue weighted by atomic mass is 35.5. The lowest BCUT2D eigenvalue weighted by molar-refractivity contribution is -0.116. The summed E-state index contributed by atoms with van der Waals surface area (Å²) in [6, 6.07) is 0. The number of aryl methyl sites for hydroxylation is 1. The number of unbranched alkanes of at least 4 members (excludes halogenated alkanes) is 1. The Labute approximate surface area is 133 Å². The standard InChI is InChI=1S/C15H20ClNO3S/c1-2-20-15(19)13-10-6-5-7-11(10)21-14(13)17-12(18)8-3-4-9-16/h2-9H2,1H3,(H,17,18). The Hall–Kier alpha value is -1.07. The van der Waals surface area contributed by atoms with Gasteiger partial charge in [-0.15, -0.1) is 22.9 Å². The first-order chi connectivity index (χ1) is 10.2. The maximum atomic E-state index is 12.1. The molecule has 6 heteroatoms. The lowest BCUT2D eigenvalue weighted by Crippen LogP contribution is -2.14. The summed E-state index contributed by atoms with van der Waals surface area (Å²) in [5, 5.41) is 3.52. The maximum absolute atomic E-state index is 12.1. The van der Waals surface area contributed by atoms with E-state index in [1.807, 2.05) is 0 Å². The molecule has 0 aromatic carbocycles. The van der Waals surface area contributed by atoms with E-state index in [9.17, 15) is 9.59 Å². The Kier molecular flexibility index (Phi) is 6.06. The molecular formula is C15H20ClNO3S. The first-order valence-electron chi connectivity index (χ1n) is 7.34. The summed E-state index contributed by atoms with van der Waals surface area (Å²) in [5.74, 6) is 0.174. The molecule has 0 aliphatic heterocycles. The van der Waals surface area contributed by atoms with Crippen LogP contribution in [0, 0.1) is 0 Å².